The second kappa shape index (κ2) is 3.41. The maximum absolute atomic E-state index is 2.63. The van der Waals surface area contributed by atoms with E-state index < -0.39 is 0 Å². The summed E-state index contributed by atoms with van der Waals surface area (Å²) in [7, 11) is 0. The number of nitrogens with zero attached hydrogens (tertiary/aromatic N) is 1. The molecule has 0 bridgehead atoms. The van der Waals surface area contributed by atoms with E-state index in [0.717, 1.165) is 5.40 Å². The monoisotopic (exact) mass is 173 g/mol. The van der Waals surface area contributed by atoms with E-state index in [-0.39, 0.29) is 0 Å². The van der Waals surface area contributed by atoms with E-state index in [4.69, 9.17) is 0 Å². The minimum atomic E-state index is 0.822. The zero-order valence-electron chi connectivity index (χ0n) is 6.08. The summed E-state index contributed by atoms with van der Waals surface area (Å²) in [6.45, 7) is 2.70. The van der Waals surface area contributed by atoms with E-state index in [2.05, 4.69) is 28.0 Å². The van der Waals surface area contributed by atoms with Crippen molar-refractivity contribution in [1.82, 2.24) is 4.81 Å². The molecule has 2 rings (SSSR count). The van der Waals surface area contributed by atoms with E-state index in [1.807, 2.05) is 0 Å². The molecule has 4 heteroatoms. The van der Waals surface area contributed by atoms with Crippen LogP contribution in [0.25, 0.3) is 0 Å². The highest BCUT2D eigenvalue weighted by Gasteiger charge is 2.30. The molecule has 56 valence electrons. The fourth-order valence-corrected chi connectivity index (χ4v) is 4.49. The highest BCUT2D eigenvalue weighted by atomic mass is 32.2. The van der Waals surface area contributed by atoms with Crippen LogP contribution < -0.4 is 0 Å². The fraction of sp³-hybridized carbons (Fsp3) is 1.00. The summed E-state index contributed by atoms with van der Waals surface area (Å²) in [5.41, 5.74) is 0. The Balaban J connectivity index is 1.85. The van der Waals surface area contributed by atoms with Gasteiger partial charge in [0.15, 0.2) is 0 Å². The molecule has 0 N–H and O–H groups in total. The standard InChI is InChI=1S/C6H12BNS2/c1-2-4-8(3-1)7-9-5-6-10-7/h1-6H2. The molecule has 0 atom stereocenters. The summed E-state index contributed by atoms with van der Waals surface area (Å²) in [5.74, 6) is 2.73. The first-order valence-corrected chi connectivity index (χ1v) is 6.04. The largest absolute Gasteiger partial charge is 0.361 e. The third kappa shape index (κ3) is 1.48. The molecule has 0 aromatic rings. The van der Waals surface area contributed by atoms with Crippen molar-refractivity contribution in [3.05, 3.63) is 0 Å². The molecule has 2 aliphatic rings. The lowest BCUT2D eigenvalue weighted by Gasteiger charge is -2.16. The lowest BCUT2D eigenvalue weighted by Crippen LogP contribution is -2.30. The molecule has 0 radical (unpaired) electrons. The fourth-order valence-electron chi connectivity index (χ4n) is 1.51. The van der Waals surface area contributed by atoms with E-state index >= 15 is 0 Å². The van der Waals surface area contributed by atoms with Gasteiger partial charge in [0.25, 0.3) is 0 Å². The third-order valence-electron chi connectivity index (χ3n) is 2.04. The summed E-state index contributed by atoms with van der Waals surface area (Å²) in [4.78, 5) is 2.63. The second-order valence-electron chi connectivity index (χ2n) is 2.79. The van der Waals surface area contributed by atoms with Gasteiger partial charge < -0.3 is 4.81 Å². The zero-order valence-corrected chi connectivity index (χ0v) is 7.72. The Hall–Kier alpha value is 0.725. The van der Waals surface area contributed by atoms with Gasteiger partial charge in [-0.1, -0.05) is 0 Å². The summed E-state index contributed by atoms with van der Waals surface area (Å²) in [5, 5.41) is 0.822. The van der Waals surface area contributed by atoms with Gasteiger partial charge in [0.2, 0.25) is 0 Å². The average Bonchev–Trinajstić information content (AvgIpc) is 2.59. The van der Waals surface area contributed by atoms with E-state index in [0.29, 0.717) is 0 Å². The Morgan fingerprint density at radius 1 is 1.00 bits per heavy atom. The van der Waals surface area contributed by atoms with Crippen molar-refractivity contribution in [1.29, 1.82) is 0 Å². The van der Waals surface area contributed by atoms with Crippen LogP contribution in [0, 0.1) is 0 Å². The molecule has 2 saturated heterocycles. The lowest BCUT2D eigenvalue weighted by atomic mass is 10.3. The van der Waals surface area contributed by atoms with Crippen LogP contribution in [0.4, 0.5) is 0 Å². The molecule has 2 aliphatic heterocycles. The molecule has 1 nitrogen and oxygen atoms in total. The zero-order chi connectivity index (χ0) is 6.81. The molecule has 0 saturated carbocycles. The molecule has 10 heavy (non-hydrogen) atoms. The Morgan fingerprint density at radius 2 is 1.60 bits per heavy atom. The molecule has 0 aliphatic carbocycles. The number of rotatable bonds is 1. The minimum absolute atomic E-state index is 0.822. The van der Waals surface area contributed by atoms with Gasteiger partial charge >= 0.3 is 5.40 Å². The summed E-state index contributed by atoms with van der Waals surface area (Å²) >= 11 is 4.26. The van der Waals surface area contributed by atoms with Gasteiger partial charge in [-0.2, -0.15) is 23.2 Å². The molecule has 0 amide bonds. The van der Waals surface area contributed by atoms with Crippen molar-refractivity contribution in [2.75, 3.05) is 24.6 Å². The maximum atomic E-state index is 2.63. The van der Waals surface area contributed by atoms with Gasteiger partial charge in [-0.3, -0.25) is 0 Å². The molecule has 2 fully saturated rings. The molecule has 0 spiro atoms. The van der Waals surface area contributed by atoms with Crippen LogP contribution in [0.3, 0.4) is 0 Å². The van der Waals surface area contributed by atoms with Gasteiger partial charge in [-0.25, -0.2) is 0 Å². The summed E-state index contributed by atoms with van der Waals surface area (Å²) in [6, 6.07) is 0. The topological polar surface area (TPSA) is 3.24 Å². The van der Waals surface area contributed by atoms with Gasteiger partial charge in [0, 0.05) is 0 Å². The van der Waals surface area contributed by atoms with Crippen LogP contribution in [0.2, 0.25) is 0 Å². The van der Waals surface area contributed by atoms with Gasteiger partial charge in [-0.05, 0) is 37.4 Å². The highest BCUT2D eigenvalue weighted by Crippen LogP contribution is 2.32. The molecule has 0 aromatic carbocycles. The van der Waals surface area contributed by atoms with Crippen molar-refractivity contribution < 1.29 is 0 Å². The molecule has 0 aromatic heterocycles. The Bertz CT molecular complexity index is 96.3. The van der Waals surface area contributed by atoms with Crippen LogP contribution in [-0.4, -0.2) is 34.8 Å². The minimum Gasteiger partial charge on any atom is -0.323 e. The molecular weight excluding hydrogens is 161 g/mol. The Labute approximate surface area is 71.2 Å². The second-order valence-corrected chi connectivity index (χ2v) is 5.47. The van der Waals surface area contributed by atoms with Gasteiger partial charge in [-0.15, -0.1) is 0 Å². The van der Waals surface area contributed by atoms with Gasteiger partial charge in [0.1, 0.15) is 0 Å². The first kappa shape index (κ1) is 7.38. The van der Waals surface area contributed by atoms with Crippen LogP contribution in [0.1, 0.15) is 12.8 Å². The first-order valence-electron chi connectivity index (χ1n) is 3.94. The van der Waals surface area contributed by atoms with Gasteiger partial charge in [0.05, 0.1) is 0 Å². The SMILES string of the molecule is C1CCN(B2SCCS2)C1. The van der Waals surface area contributed by atoms with Crippen molar-refractivity contribution in [2.45, 2.75) is 12.8 Å². The quantitative estimate of drug-likeness (QED) is 0.554. The number of hydrogen-bond acceptors (Lipinski definition) is 3. The summed E-state index contributed by atoms with van der Waals surface area (Å²) < 4.78 is 0. The Kier molecular flexibility index (Phi) is 2.52. The molecule has 2 heterocycles. The van der Waals surface area contributed by atoms with E-state index in [9.17, 15) is 0 Å². The van der Waals surface area contributed by atoms with E-state index in [1.165, 1.54) is 37.4 Å². The summed E-state index contributed by atoms with van der Waals surface area (Å²) in [6.07, 6.45) is 2.86. The third-order valence-corrected chi connectivity index (χ3v) is 5.16. The predicted octanol–water partition coefficient (Wildman–Crippen LogP) is 1.55. The van der Waals surface area contributed by atoms with Crippen molar-refractivity contribution in [2.24, 2.45) is 0 Å². The molecular formula is C6H12BNS2. The highest BCUT2D eigenvalue weighted by molar-refractivity contribution is 8.56. The normalized spacial score (nSPS) is 28.2. The van der Waals surface area contributed by atoms with E-state index in [1.54, 1.807) is 0 Å². The average molecular weight is 173 g/mol. The van der Waals surface area contributed by atoms with Crippen LogP contribution in [0.15, 0.2) is 0 Å². The maximum Gasteiger partial charge on any atom is 0.361 e. The molecule has 0 unspecified atom stereocenters. The van der Waals surface area contributed by atoms with Crippen molar-refractivity contribution in [3.63, 3.8) is 0 Å². The smallest absolute Gasteiger partial charge is 0.323 e. The lowest BCUT2D eigenvalue weighted by molar-refractivity contribution is 0.558. The van der Waals surface area contributed by atoms with Crippen LogP contribution in [-0.2, 0) is 0 Å². The number of hydrogen-bond donors (Lipinski definition) is 0. The van der Waals surface area contributed by atoms with Crippen molar-refractivity contribution in [3.8, 4) is 0 Å². The Morgan fingerprint density at radius 3 is 2.20 bits per heavy atom. The van der Waals surface area contributed by atoms with Crippen molar-refractivity contribution >= 4 is 28.6 Å². The van der Waals surface area contributed by atoms with Crippen LogP contribution in [0.5, 0.6) is 0 Å². The predicted molar refractivity (Wildman–Crippen MR) is 51.5 cm³/mol. The van der Waals surface area contributed by atoms with Crippen LogP contribution >= 0.6 is 23.2 Å². The first-order chi connectivity index (χ1) is 4.97.